The van der Waals surface area contributed by atoms with Crippen molar-refractivity contribution in [2.75, 3.05) is 13.1 Å². The standard InChI is InChI=1S/C12H24N2O2/c1-4-10(5-2)13-12(16)14-7-6-9(3)11(15)8-14/h9-11,15H,4-8H2,1-3H3,(H,13,16). The third kappa shape index (κ3) is 3.37. The largest absolute Gasteiger partial charge is 0.391 e. The highest BCUT2D eigenvalue weighted by Crippen LogP contribution is 2.17. The van der Waals surface area contributed by atoms with Gasteiger partial charge in [-0.15, -0.1) is 0 Å². The van der Waals surface area contributed by atoms with Crippen LogP contribution >= 0.6 is 0 Å². The van der Waals surface area contributed by atoms with Crippen molar-refractivity contribution in [2.45, 2.75) is 52.2 Å². The fraction of sp³-hybridized carbons (Fsp3) is 0.917. The summed E-state index contributed by atoms with van der Waals surface area (Å²) in [4.78, 5) is 13.6. The highest BCUT2D eigenvalue weighted by molar-refractivity contribution is 5.74. The predicted molar refractivity (Wildman–Crippen MR) is 64.3 cm³/mol. The minimum absolute atomic E-state index is 0.0281. The first kappa shape index (κ1) is 13.3. The second-order valence-electron chi connectivity index (χ2n) is 4.74. The number of β-amino-alcohol motifs (C(OH)–C–C–N with tert-alkyl or cyclic N) is 1. The number of likely N-dealkylation sites (tertiary alicyclic amines) is 1. The van der Waals surface area contributed by atoms with Crippen molar-refractivity contribution in [1.29, 1.82) is 0 Å². The first-order valence-corrected chi connectivity index (χ1v) is 6.31. The molecule has 1 aliphatic rings. The van der Waals surface area contributed by atoms with Crippen molar-refractivity contribution >= 4 is 6.03 Å². The Labute approximate surface area is 98.0 Å². The molecular weight excluding hydrogens is 204 g/mol. The highest BCUT2D eigenvalue weighted by Gasteiger charge is 2.27. The molecule has 2 unspecified atom stereocenters. The number of nitrogens with one attached hydrogen (secondary N) is 1. The number of aliphatic hydroxyl groups excluding tert-OH is 1. The van der Waals surface area contributed by atoms with Crippen LogP contribution in [0, 0.1) is 5.92 Å². The van der Waals surface area contributed by atoms with Crippen molar-refractivity contribution in [3.63, 3.8) is 0 Å². The summed E-state index contributed by atoms with van der Waals surface area (Å²) in [6.45, 7) is 7.39. The molecule has 1 fully saturated rings. The third-order valence-corrected chi connectivity index (χ3v) is 3.52. The van der Waals surface area contributed by atoms with Crippen molar-refractivity contribution in [1.82, 2.24) is 10.2 Å². The van der Waals surface area contributed by atoms with Gasteiger partial charge in [-0.25, -0.2) is 4.79 Å². The summed E-state index contributed by atoms with van der Waals surface area (Å²) in [7, 11) is 0. The molecule has 4 heteroatoms. The van der Waals surface area contributed by atoms with Gasteiger partial charge in [-0.05, 0) is 25.2 Å². The molecule has 94 valence electrons. The quantitative estimate of drug-likeness (QED) is 0.770. The molecule has 1 saturated heterocycles. The second-order valence-corrected chi connectivity index (χ2v) is 4.74. The van der Waals surface area contributed by atoms with Crippen molar-refractivity contribution in [3.05, 3.63) is 0 Å². The van der Waals surface area contributed by atoms with Crippen LogP contribution < -0.4 is 5.32 Å². The number of carbonyl (C=O) groups is 1. The van der Waals surface area contributed by atoms with E-state index in [9.17, 15) is 9.90 Å². The molecule has 0 saturated carbocycles. The van der Waals surface area contributed by atoms with Crippen molar-refractivity contribution < 1.29 is 9.90 Å². The summed E-state index contributed by atoms with van der Waals surface area (Å²) in [6.07, 6.45) is 2.42. The Morgan fingerprint density at radius 2 is 2.12 bits per heavy atom. The van der Waals surface area contributed by atoms with Gasteiger partial charge in [-0.1, -0.05) is 20.8 Å². The van der Waals surface area contributed by atoms with E-state index >= 15 is 0 Å². The number of hydrogen-bond acceptors (Lipinski definition) is 2. The smallest absolute Gasteiger partial charge is 0.317 e. The molecule has 1 rings (SSSR count). The number of amides is 2. The van der Waals surface area contributed by atoms with Crippen LogP contribution in [-0.4, -0.2) is 41.3 Å². The molecule has 0 radical (unpaired) electrons. The second kappa shape index (κ2) is 6.09. The SMILES string of the molecule is CCC(CC)NC(=O)N1CCC(C)C(O)C1. The number of urea groups is 1. The van der Waals surface area contributed by atoms with Gasteiger partial charge in [0.25, 0.3) is 0 Å². The molecule has 1 heterocycles. The first-order valence-electron chi connectivity index (χ1n) is 6.31. The molecular formula is C12H24N2O2. The van der Waals surface area contributed by atoms with Gasteiger partial charge in [0.15, 0.2) is 0 Å². The molecule has 2 amide bonds. The van der Waals surface area contributed by atoms with Crippen molar-refractivity contribution in [3.8, 4) is 0 Å². The van der Waals surface area contributed by atoms with Gasteiger partial charge >= 0.3 is 6.03 Å². The molecule has 0 bridgehead atoms. The van der Waals surface area contributed by atoms with Crippen LogP contribution in [0.5, 0.6) is 0 Å². The molecule has 0 aliphatic carbocycles. The maximum Gasteiger partial charge on any atom is 0.317 e. The number of hydrogen-bond donors (Lipinski definition) is 2. The lowest BCUT2D eigenvalue weighted by atomic mass is 9.96. The van der Waals surface area contributed by atoms with Crippen LogP contribution in [0.4, 0.5) is 4.79 Å². The molecule has 4 nitrogen and oxygen atoms in total. The first-order chi connectivity index (χ1) is 7.58. The van der Waals surface area contributed by atoms with E-state index in [4.69, 9.17) is 0 Å². The van der Waals surface area contributed by atoms with Gasteiger partial charge in [-0.2, -0.15) is 0 Å². The van der Waals surface area contributed by atoms with Crippen LogP contribution in [0.15, 0.2) is 0 Å². The zero-order chi connectivity index (χ0) is 12.1. The van der Waals surface area contributed by atoms with Gasteiger partial charge in [0.1, 0.15) is 0 Å². The maximum absolute atomic E-state index is 11.9. The number of aliphatic hydroxyl groups is 1. The van der Waals surface area contributed by atoms with Crippen LogP contribution in [-0.2, 0) is 0 Å². The van der Waals surface area contributed by atoms with E-state index in [1.165, 1.54) is 0 Å². The van der Waals surface area contributed by atoms with Crippen LogP contribution in [0.2, 0.25) is 0 Å². The number of piperidine rings is 1. The molecule has 1 aliphatic heterocycles. The van der Waals surface area contributed by atoms with E-state index in [0.29, 0.717) is 12.5 Å². The molecule has 16 heavy (non-hydrogen) atoms. The van der Waals surface area contributed by atoms with E-state index in [1.807, 2.05) is 6.92 Å². The Kier molecular flexibility index (Phi) is 5.06. The van der Waals surface area contributed by atoms with Crippen LogP contribution in [0.25, 0.3) is 0 Å². The number of nitrogens with zero attached hydrogens (tertiary/aromatic N) is 1. The topological polar surface area (TPSA) is 52.6 Å². The van der Waals surface area contributed by atoms with E-state index in [0.717, 1.165) is 25.8 Å². The van der Waals surface area contributed by atoms with Crippen molar-refractivity contribution in [2.24, 2.45) is 5.92 Å². The zero-order valence-corrected chi connectivity index (χ0v) is 10.6. The van der Waals surface area contributed by atoms with Gasteiger partial charge in [0, 0.05) is 19.1 Å². The fourth-order valence-corrected chi connectivity index (χ4v) is 1.99. The summed E-state index contributed by atoms with van der Waals surface area (Å²) in [5.74, 6) is 0.303. The molecule has 0 aromatic rings. The van der Waals surface area contributed by atoms with Gasteiger partial charge in [-0.3, -0.25) is 0 Å². The average Bonchev–Trinajstić information content (AvgIpc) is 2.29. The van der Waals surface area contributed by atoms with Gasteiger partial charge < -0.3 is 15.3 Å². The minimum Gasteiger partial charge on any atom is -0.391 e. The zero-order valence-electron chi connectivity index (χ0n) is 10.6. The Morgan fingerprint density at radius 3 is 2.62 bits per heavy atom. The third-order valence-electron chi connectivity index (χ3n) is 3.52. The van der Waals surface area contributed by atoms with Crippen LogP contribution in [0.3, 0.4) is 0 Å². The van der Waals surface area contributed by atoms with E-state index in [1.54, 1.807) is 4.90 Å². The Bertz CT molecular complexity index is 229. The van der Waals surface area contributed by atoms with Crippen LogP contribution in [0.1, 0.15) is 40.0 Å². The number of rotatable bonds is 3. The highest BCUT2D eigenvalue weighted by atomic mass is 16.3. The molecule has 0 aromatic carbocycles. The lowest BCUT2D eigenvalue weighted by molar-refractivity contribution is 0.0429. The summed E-state index contributed by atoms with van der Waals surface area (Å²) in [5, 5.41) is 12.7. The molecule has 0 spiro atoms. The Morgan fingerprint density at radius 1 is 1.50 bits per heavy atom. The normalized spacial score (nSPS) is 25.9. The summed E-state index contributed by atoms with van der Waals surface area (Å²) >= 11 is 0. The van der Waals surface area contributed by atoms with E-state index in [-0.39, 0.29) is 18.2 Å². The Hall–Kier alpha value is -0.770. The van der Waals surface area contributed by atoms with E-state index in [2.05, 4.69) is 19.2 Å². The lowest BCUT2D eigenvalue weighted by Gasteiger charge is -2.35. The summed E-state index contributed by atoms with van der Waals surface area (Å²) in [5.41, 5.74) is 0. The molecule has 2 N–H and O–H groups in total. The average molecular weight is 228 g/mol. The maximum atomic E-state index is 11.9. The van der Waals surface area contributed by atoms with E-state index < -0.39 is 0 Å². The van der Waals surface area contributed by atoms with Gasteiger partial charge in [0.05, 0.1) is 6.10 Å². The predicted octanol–water partition coefficient (Wildman–Crippen LogP) is 1.59. The Balaban J connectivity index is 2.42. The monoisotopic (exact) mass is 228 g/mol. The summed E-state index contributed by atoms with van der Waals surface area (Å²) in [6, 6.07) is 0.226. The molecule has 2 atom stereocenters. The lowest BCUT2D eigenvalue weighted by Crippen LogP contribution is -2.51. The van der Waals surface area contributed by atoms with Gasteiger partial charge in [0.2, 0.25) is 0 Å². The summed E-state index contributed by atoms with van der Waals surface area (Å²) < 4.78 is 0. The minimum atomic E-state index is -0.374. The number of carbonyl (C=O) groups excluding carboxylic acids is 1. The molecule has 0 aromatic heterocycles. The fourth-order valence-electron chi connectivity index (χ4n) is 1.99.